The van der Waals surface area contributed by atoms with Gasteiger partial charge >= 0.3 is 0 Å². The van der Waals surface area contributed by atoms with Crippen LogP contribution in [-0.4, -0.2) is 37.6 Å². The molecule has 0 amide bonds. The molecule has 1 aliphatic heterocycles. The van der Waals surface area contributed by atoms with Gasteiger partial charge in [-0.3, -0.25) is 0 Å². The van der Waals surface area contributed by atoms with Crippen LogP contribution in [0.15, 0.2) is 23.5 Å². The molecule has 0 radical (unpaired) electrons. The van der Waals surface area contributed by atoms with Crippen molar-refractivity contribution in [1.29, 1.82) is 0 Å². The maximum Gasteiger partial charge on any atom is 0.119 e. The Hall–Kier alpha value is -0.960. The maximum atomic E-state index is 3.27. The first-order chi connectivity index (χ1) is 5.61. The molecule has 0 unspecified atom stereocenters. The van der Waals surface area contributed by atoms with Crippen molar-refractivity contribution in [2.75, 3.05) is 27.7 Å². The van der Waals surface area contributed by atoms with Gasteiger partial charge in [0.05, 0.1) is 0 Å². The summed E-state index contributed by atoms with van der Waals surface area (Å²) in [5.41, 5.74) is 4.54. The van der Waals surface area contributed by atoms with Crippen molar-refractivity contribution >= 4 is 0 Å². The summed E-state index contributed by atoms with van der Waals surface area (Å²) in [6.07, 6.45) is 4.31. The summed E-state index contributed by atoms with van der Waals surface area (Å²) < 4.78 is 0. The third-order valence-corrected chi connectivity index (χ3v) is 1.83. The van der Waals surface area contributed by atoms with Crippen LogP contribution in [0.25, 0.3) is 0 Å². The van der Waals surface area contributed by atoms with Crippen LogP contribution in [0.2, 0.25) is 0 Å². The molecule has 0 atom stereocenters. The summed E-state index contributed by atoms with van der Waals surface area (Å²) in [5, 5.41) is 1.95. The first-order valence-corrected chi connectivity index (χ1v) is 4.14. The van der Waals surface area contributed by atoms with E-state index in [1.165, 1.54) is 11.4 Å². The van der Waals surface area contributed by atoms with E-state index in [0.29, 0.717) is 0 Å². The second-order valence-corrected chi connectivity index (χ2v) is 3.32. The lowest BCUT2D eigenvalue weighted by Crippen LogP contribution is -2.39. The van der Waals surface area contributed by atoms with E-state index in [1.54, 1.807) is 0 Å². The van der Waals surface area contributed by atoms with Crippen molar-refractivity contribution < 1.29 is 0 Å². The topological polar surface area (TPSA) is 18.5 Å². The van der Waals surface area contributed by atoms with Gasteiger partial charge in [-0.05, 0) is 12.5 Å². The molecular formula is C9H17N3. The van der Waals surface area contributed by atoms with E-state index in [1.807, 2.05) is 19.1 Å². The van der Waals surface area contributed by atoms with E-state index >= 15 is 0 Å². The molecule has 0 aromatic heterocycles. The molecule has 0 fully saturated rings. The third kappa shape index (κ3) is 2.01. The second-order valence-electron chi connectivity index (χ2n) is 3.32. The first-order valence-electron chi connectivity index (χ1n) is 4.14. The Labute approximate surface area is 74.3 Å². The molecule has 1 aliphatic rings. The van der Waals surface area contributed by atoms with Crippen molar-refractivity contribution in [2.45, 2.75) is 6.92 Å². The summed E-state index contributed by atoms with van der Waals surface area (Å²) >= 11 is 0. The van der Waals surface area contributed by atoms with Gasteiger partial charge in [0.1, 0.15) is 5.82 Å². The lowest BCUT2D eigenvalue weighted by atomic mass is 10.2. The largest absolute Gasteiger partial charge is 0.357 e. The molecule has 0 saturated heterocycles. The first kappa shape index (κ1) is 9.13. The molecule has 0 aromatic carbocycles. The molecule has 3 nitrogen and oxygen atoms in total. The van der Waals surface area contributed by atoms with Crippen LogP contribution in [0.4, 0.5) is 0 Å². The minimum atomic E-state index is 0.980. The van der Waals surface area contributed by atoms with Crippen molar-refractivity contribution in [3.05, 3.63) is 23.5 Å². The highest BCUT2D eigenvalue weighted by Crippen LogP contribution is 2.11. The summed E-state index contributed by atoms with van der Waals surface area (Å²) in [4.78, 5) is 2.19. The lowest BCUT2D eigenvalue weighted by molar-refractivity contribution is 0.264. The summed E-state index contributed by atoms with van der Waals surface area (Å²) in [6.45, 7) is 3.09. The highest BCUT2D eigenvalue weighted by molar-refractivity contribution is 5.25. The van der Waals surface area contributed by atoms with Crippen LogP contribution in [0.5, 0.6) is 0 Å². The molecule has 1 rings (SSSR count). The fourth-order valence-electron chi connectivity index (χ4n) is 1.24. The Morgan fingerprint density at radius 3 is 2.67 bits per heavy atom. The monoisotopic (exact) mass is 167 g/mol. The number of allylic oxidation sites excluding steroid dienone is 2. The fourth-order valence-corrected chi connectivity index (χ4v) is 1.24. The van der Waals surface area contributed by atoms with E-state index in [0.717, 1.165) is 6.54 Å². The maximum absolute atomic E-state index is 3.27. The van der Waals surface area contributed by atoms with E-state index in [4.69, 9.17) is 0 Å². The van der Waals surface area contributed by atoms with Crippen LogP contribution in [0, 0.1) is 0 Å². The van der Waals surface area contributed by atoms with Gasteiger partial charge in [-0.1, -0.05) is 12.2 Å². The minimum Gasteiger partial charge on any atom is -0.357 e. The smallest absolute Gasteiger partial charge is 0.119 e. The highest BCUT2D eigenvalue weighted by Gasteiger charge is 2.09. The van der Waals surface area contributed by atoms with Crippen LogP contribution < -0.4 is 5.43 Å². The Morgan fingerprint density at radius 1 is 1.50 bits per heavy atom. The number of nitrogens with zero attached hydrogens (tertiary/aromatic N) is 2. The van der Waals surface area contributed by atoms with Gasteiger partial charge in [-0.15, -0.1) is 0 Å². The normalized spacial score (nSPS) is 17.6. The molecule has 3 heteroatoms. The van der Waals surface area contributed by atoms with Gasteiger partial charge < -0.3 is 10.3 Å². The van der Waals surface area contributed by atoms with Crippen LogP contribution in [0.1, 0.15) is 6.92 Å². The number of hydrogen-bond acceptors (Lipinski definition) is 3. The zero-order valence-corrected chi connectivity index (χ0v) is 8.26. The van der Waals surface area contributed by atoms with Crippen molar-refractivity contribution in [1.82, 2.24) is 15.3 Å². The summed E-state index contributed by atoms with van der Waals surface area (Å²) in [5.74, 6) is 1.18. The van der Waals surface area contributed by atoms with Gasteiger partial charge in [0.15, 0.2) is 0 Å². The van der Waals surface area contributed by atoms with Crippen molar-refractivity contribution in [3.63, 3.8) is 0 Å². The van der Waals surface area contributed by atoms with E-state index in [-0.39, 0.29) is 0 Å². The van der Waals surface area contributed by atoms with Gasteiger partial charge in [0.2, 0.25) is 0 Å². The van der Waals surface area contributed by atoms with Crippen molar-refractivity contribution in [2.24, 2.45) is 0 Å². The zero-order chi connectivity index (χ0) is 9.14. The molecule has 0 aliphatic carbocycles. The predicted molar refractivity (Wildman–Crippen MR) is 51.3 cm³/mol. The van der Waals surface area contributed by atoms with E-state index < -0.39 is 0 Å². The zero-order valence-electron chi connectivity index (χ0n) is 8.26. The van der Waals surface area contributed by atoms with E-state index in [2.05, 4.69) is 36.4 Å². The summed E-state index contributed by atoms with van der Waals surface area (Å²) in [7, 11) is 6.07. The predicted octanol–water partition coefficient (Wildman–Crippen LogP) is 0.786. The number of nitrogens with one attached hydrogen (secondary N) is 1. The van der Waals surface area contributed by atoms with Crippen molar-refractivity contribution in [3.8, 4) is 0 Å². The number of rotatable bonds is 2. The average Bonchev–Trinajstić information content (AvgIpc) is 1.97. The number of likely N-dealkylation sites (N-methyl/N-ethyl adjacent to an activating group) is 1. The van der Waals surface area contributed by atoms with Gasteiger partial charge in [0, 0.05) is 27.7 Å². The van der Waals surface area contributed by atoms with Crippen LogP contribution >= 0.6 is 0 Å². The highest BCUT2D eigenvalue weighted by atomic mass is 15.5. The number of hydrogen-bond donors (Lipinski definition) is 1. The second kappa shape index (κ2) is 3.63. The molecule has 0 bridgehead atoms. The van der Waals surface area contributed by atoms with Crippen LogP contribution in [-0.2, 0) is 0 Å². The lowest BCUT2D eigenvalue weighted by Gasteiger charge is -2.29. The van der Waals surface area contributed by atoms with Crippen LogP contribution in [0.3, 0.4) is 0 Å². The number of hydrazine groups is 1. The van der Waals surface area contributed by atoms with E-state index in [9.17, 15) is 0 Å². The molecule has 12 heavy (non-hydrogen) atoms. The quantitative estimate of drug-likeness (QED) is 0.613. The minimum absolute atomic E-state index is 0.980. The fraction of sp³-hybridized carbons (Fsp3) is 0.556. The Kier molecular flexibility index (Phi) is 2.76. The SMILES string of the molecule is CC1=C(NN(C)C)N(C)CC=C1. The Bertz CT molecular complexity index is 216. The van der Waals surface area contributed by atoms with Gasteiger partial charge in [-0.2, -0.15) is 0 Å². The van der Waals surface area contributed by atoms with Gasteiger partial charge in [0.25, 0.3) is 0 Å². The molecular weight excluding hydrogens is 150 g/mol. The molecule has 0 aromatic rings. The molecule has 0 saturated carbocycles. The molecule has 68 valence electrons. The Morgan fingerprint density at radius 2 is 2.17 bits per heavy atom. The molecule has 1 N–H and O–H groups in total. The third-order valence-electron chi connectivity index (χ3n) is 1.83. The Balaban J connectivity index is 2.74. The molecule has 1 heterocycles. The average molecular weight is 167 g/mol. The van der Waals surface area contributed by atoms with Gasteiger partial charge in [-0.25, -0.2) is 5.01 Å². The standard InChI is InChI=1S/C9H17N3/c1-8-6-5-7-12(4)9(8)10-11(2)3/h5-6,10H,7H2,1-4H3. The molecule has 0 spiro atoms. The summed E-state index contributed by atoms with van der Waals surface area (Å²) in [6, 6.07) is 0.